The van der Waals surface area contributed by atoms with Crippen LogP contribution in [0.1, 0.15) is 27.7 Å². The van der Waals surface area contributed by atoms with Crippen LogP contribution >= 0.6 is 0 Å². The summed E-state index contributed by atoms with van der Waals surface area (Å²) in [5.74, 6) is 0.432. The van der Waals surface area contributed by atoms with E-state index in [2.05, 4.69) is 5.32 Å². The number of carbonyl (C=O) groups excluding carboxylic acids is 2. The molecular weight excluding hydrogens is 282 g/mol. The van der Waals surface area contributed by atoms with Crippen LogP contribution in [0.15, 0.2) is 18.2 Å². The van der Waals surface area contributed by atoms with Crippen LogP contribution in [0.4, 0.5) is 11.4 Å². The lowest BCUT2D eigenvalue weighted by Crippen LogP contribution is -2.55. The molecule has 3 N–H and O–H groups in total. The number of nitrogens with two attached hydrogens (primary N) is 1. The summed E-state index contributed by atoms with van der Waals surface area (Å²) in [5, 5.41) is 2.82. The largest absolute Gasteiger partial charge is 0.476 e. The molecule has 0 aromatic heterocycles. The van der Waals surface area contributed by atoms with Crippen molar-refractivity contribution in [3.05, 3.63) is 18.2 Å². The number of hydrogen-bond donors (Lipinski definition) is 2. The molecule has 0 saturated heterocycles. The highest BCUT2D eigenvalue weighted by Gasteiger charge is 2.41. The summed E-state index contributed by atoms with van der Waals surface area (Å²) in [5.41, 5.74) is 5.86. The molecule has 22 heavy (non-hydrogen) atoms. The number of nitrogens with zero attached hydrogens (tertiary/aromatic N) is 1. The van der Waals surface area contributed by atoms with Gasteiger partial charge in [-0.15, -0.1) is 0 Å². The lowest BCUT2D eigenvalue weighted by Gasteiger charge is -2.38. The minimum absolute atomic E-state index is 0.0325. The second-order valence-electron chi connectivity index (χ2n) is 6.43. The fourth-order valence-electron chi connectivity index (χ4n) is 2.26. The van der Waals surface area contributed by atoms with Crippen molar-refractivity contribution in [3.63, 3.8) is 0 Å². The number of benzene rings is 1. The zero-order valence-corrected chi connectivity index (χ0v) is 13.5. The van der Waals surface area contributed by atoms with Crippen LogP contribution < -0.4 is 20.7 Å². The number of nitrogens with one attached hydrogen (secondary N) is 1. The molecule has 2 rings (SSSR count). The van der Waals surface area contributed by atoms with E-state index >= 15 is 0 Å². The van der Waals surface area contributed by atoms with Crippen LogP contribution in [0.5, 0.6) is 5.75 Å². The Labute approximate surface area is 130 Å². The minimum Gasteiger partial charge on any atom is -0.476 e. The van der Waals surface area contributed by atoms with E-state index in [4.69, 9.17) is 10.5 Å². The van der Waals surface area contributed by atoms with Gasteiger partial charge >= 0.3 is 0 Å². The van der Waals surface area contributed by atoms with Gasteiger partial charge in [-0.25, -0.2) is 0 Å². The van der Waals surface area contributed by atoms with E-state index in [1.54, 1.807) is 32.0 Å². The average Bonchev–Trinajstić information content (AvgIpc) is 2.41. The van der Waals surface area contributed by atoms with Crippen LogP contribution in [-0.4, -0.2) is 30.5 Å². The van der Waals surface area contributed by atoms with Gasteiger partial charge in [0.1, 0.15) is 12.3 Å². The van der Waals surface area contributed by atoms with Crippen LogP contribution in [-0.2, 0) is 9.59 Å². The van der Waals surface area contributed by atoms with Crippen molar-refractivity contribution < 1.29 is 14.3 Å². The summed E-state index contributed by atoms with van der Waals surface area (Å²) >= 11 is 0. The highest BCUT2D eigenvalue weighted by Crippen LogP contribution is 2.38. The van der Waals surface area contributed by atoms with Crippen molar-refractivity contribution in [3.8, 4) is 5.75 Å². The highest BCUT2D eigenvalue weighted by atomic mass is 16.5. The SMILES string of the molecule is CC(C)CNC(=O)CN1C(=O)C(C)(C)Oc2cc(N)ccc21. The summed E-state index contributed by atoms with van der Waals surface area (Å²) in [6.45, 7) is 7.94. The lowest BCUT2D eigenvalue weighted by atomic mass is 10.0. The van der Waals surface area contributed by atoms with Gasteiger partial charge in [0.2, 0.25) is 5.91 Å². The molecule has 0 fully saturated rings. The molecule has 0 aliphatic carbocycles. The lowest BCUT2D eigenvalue weighted by molar-refractivity contribution is -0.134. The third-order valence-corrected chi connectivity index (χ3v) is 3.41. The Balaban J connectivity index is 2.25. The van der Waals surface area contributed by atoms with E-state index in [1.165, 1.54) is 4.90 Å². The number of amides is 2. The number of nitrogen functional groups attached to an aromatic ring is 1. The second-order valence-corrected chi connectivity index (χ2v) is 6.43. The minimum atomic E-state index is -1.03. The summed E-state index contributed by atoms with van der Waals surface area (Å²) in [6.07, 6.45) is 0. The van der Waals surface area contributed by atoms with Crippen molar-refractivity contribution >= 4 is 23.2 Å². The smallest absolute Gasteiger partial charge is 0.271 e. The van der Waals surface area contributed by atoms with Crippen molar-refractivity contribution in [2.45, 2.75) is 33.3 Å². The van der Waals surface area contributed by atoms with E-state index in [0.29, 0.717) is 29.6 Å². The van der Waals surface area contributed by atoms with Crippen LogP contribution in [0, 0.1) is 5.92 Å². The highest BCUT2D eigenvalue weighted by molar-refractivity contribution is 6.05. The van der Waals surface area contributed by atoms with E-state index in [9.17, 15) is 9.59 Å². The molecule has 0 bridgehead atoms. The third-order valence-electron chi connectivity index (χ3n) is 3.41. The van der Waals surface area contributed by atoms with Crippen molar-refractivity contribution in [2.75, 3.05) is 23.7 Å². The number of rotatable bonds is 4. The van der Waals surface area contributed by atoms with Gasteiger partial charge < -0.3 is 15.8 Å². The first-order chi connectivity index (χ1) is 10.2. The molecule has 1 aliphatic heterocycles. The standard InChI is InChI=1S/C16H23N3O3/c1-10(2)8-18-14(20)9-19-12-6-5-11(17)7-13(12)22-16(3,4)15(19)21/h5-7,10H,8-9,17H2,1-4H3,(H,18,20). The van der Waals surface area contributed by atoms with Gasteiger partial charge in [0.25, 0.3) is 5.91 Å². The van der Waals surface area contributed by atoms with Crippen LogP contribution in [0.3, 0.4) is 0 Å². The van der Waals surface area contributed by atoms with E-state index in [1.807, 2.05) is 13.8 Å². The average molecular weight is 305 g/mol. The fourth-order valence-corrected chi connectivity index (χ4v) is 2.26. The zero-order valence-electron chi connectivity index (χ0n) is 13.5. The molecule has 0 radical (unpaired) electrons. The Bertz CT molecular complexity index is 596. The zero-order chi connectivity index (χ0) is 16.5. The molecular formula is C16H23N3O3. The number of fused-ring (bicyclic) bond motifs is 1. The molecule has 0 saturated carbocycles. The number of anilines is 2. The second kappa shape index (κ2) is 5.87. The monoisotopic (exact) mass is 305 g/mol. The Morgan fingerprint density at radius 1 is 1.41 bits per heavy atom. The predicted molar refractivity (Wildman–Crippen MR) is 85.8 cm³/mol. The molecule has 0 atom stereocenters. The van der Waals surface area contributed by atoms with Crippen LogP contribution in [0.2, 0.25) is 0 Å². The first kappa shape index (κ1) is 16.1. The van der Waals surface area contributed by atoms with Gasteiger partial charge in [0, 0.05) is 18.3 Å². The van der Waals surface area contributed by atoms with Gasteiger partial charge in [-0.05, 0) is 31.9 Å². The molecule has 0 spiro atoms. The molecule has 6 heteroatoms. The topological polar surface area (TPSA) is 84.7 Å². The van der Waals surface area contributed by atoms with E-state index < -0.39 is 5.60 Å². The molecule has 1 aromatic rings. The van der Waals surface area contributed by atoms with E-state index in [-0.39, 0.29) is 18.4 Å². The fraction of sp³-hybridized carbons (Fsp3) is 0.500. The normalized spacial score (nSPS) is 16.2. The maximum Gasteiger partial charge on any atom is 0.271 e. The van der Waals surface area contributed by atoms with Gasteiger partial charge in [-0.1, -0.05) is 13.8 Å². The maximum atomic E-state index is 12.6. The Kier molecular flexibility index (Phi) is 4.30. The summed E-state index contributed by atoms with van der Waals surface area (Å²) in [7, 11) is 0. The first-order valence-corrected chi connectivity index (χ1v) is 7.38. The van der Waals surface area contributed by atoms with Gasteiger partial charge in [-0.3, -0.25) is 14.5 Å². The third kappa shape index (κ3) is 3.32. The predicted octanol–water partition coefficient (Wildman–Crippen LogP) is 1.54. The molecule has 1 aliphatic rings. The molecule has 0 unspecified atom stereocenters. The van der Waals surface area contributed by atoms with Crippen molar-refractivity contribution in [1.82, 2.24) is 5.32 Å². The van der Waals surface area contributed by atoms with Gasteiger partial charge in [0.05, 0.1) is 5.69 Å². The summed E-state index contributed by atoms with van der Waals surface area (Å²) in [6, 6.07) is 5.06. The molecule has 1 aromatic carbocycles. The van der Waals surface area contributed by atoms with Crippen molar-refractivity contribution in [1.29, 1.82) is 0 Å². The number of carbonyl (C=O) groups is 2. The molecule has 6 nitrogen and oxygen atoms in total. The number of ether oxygens (including phenoxy) is 1. The number of hydrogen-bond acceptors (Lipinski definition) is 4. The first-order valence-electron chi connectivity index (χ1n) is 7.38. The Hall–Kier alpha value is -2.24. The maximum absolute atomic E-state index is 12.6. The van der Waals surface area contributed by atoms with Crippen LogP contribution in [0.25, 0.3) is 0 Å². The van der Waals surface area contributed by atoms with Gasteiger partial charge in [0.15, 0.2) is 5.60 Å². The van der Waals surface area contributed by atoms with Gasteiger partial charge in [-0.2, -0.15) is 0 Å². The summed E-state index contributed by atoms with van der Waals surface area (Å²) in [4.78, 5) is 26.1. The quantitative estimate of drug-likeness (QED) is 0.827. The Morgan fingerprint density at radius 2 is 2.09 bits per heavy atom. The van der Waals surface area contributed by atoms with Crippen molar-refractivity contribution in [2.24, 2.45) is 5.92 Å². The molecule has 1 heterocycles. The molecule has 2 amide bonds. The molecule has 120 valence electrons. The summed E-state index contributed by atoms with van der Waals surface area (Å²) < 4.78 is 5.72. The van der Waals surface area contributed by atoms with E-state index in [0.717, 1.165) is 0 Å². The Morgan fingerprint density at radius 3 is 2.73 bits per heavy atom.